The summed E-state index contributed by atoms with van der Waals surface area (Å²) in [5.41, 5.74) is 0.997. The van der Waals surface area contributed by atoms with Crippen LogP contribution in [0, 0.1) is 5.82 Å². The van der Waals surface area contributed by atoms with E-state index in [1.54, 1.807) is 12.1 Å². The van der Waals surface area contributed by atoms with E-state index in [4.69, 9.17) is 0 Å². The standard InChI is InChI=1S/C13H11FN2O2/c14-10-4-6-11(7-5-10)16-15-8-9-2-1-3-12(17)13(9)18/h1-7,17-18H,8H2. The smallest absolute Gasteiger partial charge is 0.162 e. The van der Waals surface area contributed by atoms with Crippen LogP contribution in [0.3, 0.4) is 0 Å². The van der Waals surface area contributed by atoms with Crippen molar-refractivity contribution in [1.82, 2.24) is 0 Å². The third-order valence-electron chi connectivity index (χ3n) is 2.35. The van der Waals surface area contributed by atoms with Crippen molar-refractivity contribution in [2.45, 2.75) is 6.54 Å². The van der Waals surface area contributed by atoms with Crippen LogP contribution in [-0.2, 0) is 6.54 Å². The zero-order valence-electron chi connectivity index (χ0n) is 9.42. The number of phenolic OH excluding ortho intramolecular Hbond substituents is 2. The van der Waals surface area contributed by atoms with Crippen molar-refractivity contribution in [2.75, 3.05) is 0 Å². The molecule has 0 radical (unpaired) electrons. The Labute approximate surface area is 103 Å². The molecule has 0 atom stereocenters. The first-order valence-electron chi connectivity index (χ1n) is 5.29. The Morgan fingerprint density at radius 2 is 1.72 bits per heavy atom. The quantitative estimate of drug-likeness (QED) is 0.642. The largest absolute Gasteiger partial charge is 0.504 e. The number of hydrogen-bond acceptors (Lipinski definition) is 4. The van der Waals surface area contributed by atoms with Gasteiger partial charge in [0.1, 0.15) is 5.82 Å². The second-order valence-corrected chi connectivity index (χ2v) is 3.66. The first kappa shape index (κ1) is 12.0. The number of para-hydroxylation sites is 1. The van der Waals surface area contributed by atoms with Crippen LogP contribution >= 0.6 is 0 Å². The first-order chi connectivity index (χ1) is 8.66. The van der Waals surface area contributed by atoms with E-state index in [0.717, 1.165) is 0 Å². The molecule has 0 heterocycles. The van der Waals surface area contributed by atoms with E-state index in [1.807, 2.05) is 0 Å². The monoisotopic (exact) mass is 246 g/mol. The minimum Gasteiger partial charge on any atom is -0.504 e. The Kier molecular flexibility index (Phi) is 3.52. The lowest BCUT2D eigenvalue weighted by Crippen LogP contribution is -1.82. The summed E-state index contributed by atoms with van der Waals surface area (Å²) >= 11 is 0. The number of benzene rings is 2. The maximum Gasteiger partial charge on any atom is 0.162 e. The normalized spacial score (nSPS) is 10.9. The lowest BCUT2D eigenvalue weighted by Gasteiger charge is -2.01. The highest BCUT2D eigenvalue weighted by atomic mass is 19.1. The minimum absolute atomic E-state index is 0.137. The fourth-order valence-corrected chi connectivity index (χ4v) is 1.41. The third-order valence-corrected chi connectivity index (χ3v) is 2.35. The van der Waals surface area contributed by atoms with Gasteiger partial charge in [0.05, 0.1) is 12.2 Å². The van der Waals surface area contributed by atoms with Gasteiger partial charge in [-0.3, -0.25) is 0 Å². The van der Waals surface area contributed by atoms with E-state index in [2.05, 4.69) is 10.2 Å². The van der Waals surface area contributed by atoms with Crippen LogP contribution < -0.4 is 0 Å². The van der Waals surface area contributed by atoms with Gasteiger partial charge in [-0.1, -0.05) is 12.1 Å². The number of rotatable bonds is 3. The van der Waals surface area contributed by atoms with Gasteiger partial charge in [-0.25, -0.2) is 4.39 Å². The highest BCUT2D eigenvalue weighted by Crippen LogP contribution is 2.28. The number of phenols is 2. The highest BCUT2D eigenvalue weighted by Gasteiger charge is 2.04. The Balaban J connectivity index is 2.07. The van der Waals surface area contributed by atoms with E-state index >= 15 is 0 Å². The van der Waals surface area contributed by atoms with Crippen molar-refractivity contribution in [3.8, 4) is 11.5 Å². The summed E-state index contributed by atoms with van der Waals surface area (Å²) in [4.78, 5) is 0. The average molecular weight is 246 g/mol. The zero-order chi connectivity index (χ0) is 13.0. The molecule has 18 heavy (non-hydrogen) atoms. The van der Waals surface area contributed by atoms with E-state index < -0.39 is 0 Å². The Morgan fingerprint density at radius 3 is 2.44 bits per heavy atom. The van der Waals surface area contributed by atoms with Gasteiger partial charge in [-0.2, -0.15) is 10.2 Å². The van der Waals surface area contributed by atoms with Crippen LogP contribution in [0.5, 0.6) is 11.5 Å². The van der Waals surface area contributed by atoms with Crippen LogP contribution in [0.4, 0.5) is 10.1 Å². The Bertz CT molecular complexity index is 568. The van der Waals surface area contributed by atoms with Gasteiger partial charge in [0.2, 0.25) is 0 Å². The highest BCUT2D eigenvalue weighted by molar-refractivity contribution is 5.44. The average Bonchev–Trinajstić information content (AvgIpc) is 2.37. The van der Waals surface area contributed by atoms with Crippen molar-refractivity contribution < 1.29 is 14.6 Å². The number of halogens is 1. The second kappa shape index (κ2) is 5.27. The zero-order valence-corrected chi connectivity index (χ0v) is 9.42. The summed E-state index contributed by atoms with van der Waals surface area (Å²) in [5.74, 6) is -0.723. The molecule has 0 aromatic heterocycles. The molecule has 2 aromatic carbocycles. The molecule has 0 fully saturated rings. The molecule has 2 N–H and O–H groups in total. The van der Waals surface area contributed by atoms with Gasteiger partial charge >= 0.3 is 0 Å². The molecule has 2 rings (SSSR count). The minimum atomic E-state index is -0.334. The molecule has 0 aliphatic heterocycles. The molecule has 0 saturated carbocycles. The molecule has 92 valence electrons. The van der Waals surface area contributed by atoms with Gasteiger partial charge in [-0.15, -0.1) is 0 Å². The molecule has 5 heteroatoms. The van der Waals surface area contributed by atoms with Gasteiger partial charge < -0.3 is 10.2 Å². The van der Waals surface area contributed by atoms with E-state index in [9.17, 15) is 14.6 Å². The van der Waals surface area contributed by atoms with Gasteiger partial charge in [-0.05, 0) is 30.3 Å². The van der Waals surface area contributed by atoms with Crippen LogP contribution in [-0.4, -0.2) is 10.2 Å². The van der Waals surface area contributed by atoms with Crippen LogP contribution in [0.2, 0.25) is 0 Å². The molecule has 2 aromatic rings. The number of azo groups is 1. The Hall–Kier alpha value is -2.43. The Morgan fingerprint density at radius 1 is 1.00 bits per heavy atom. The molecule has 0 saturated heterocycles. The molecule has 0 aliphatic carbocycles. The lowest BCUT2D eigenvalue weighted by atomic mass is 10.2. The molecular formula is C13H11FN2O2. The molecule has 0 amide bonds. The molecule has 0 bridgehead atoms. The van der Waals surface area contributed by atoms with Gasteiger partial charge in [0.15, 0.2) is 11.5 Å². The SMILES string of the molecule is Oc1cccc(CN=Nc2ccc(F)cc2)c1O. The van der Waals surface area contributed by atoms with Crippen LogP contribution in [0.1, 0.15) is 5.56 Å². The van der Waals surface area contributed by atoms with Crippen molar-refractivity contribution in [3.05, 3.63) is 53.8 Å². The summed E-state index contributed by atoms with van der Waals surface area (Å²) in [6, 6.07) is 10.2. The summed E-state index contributed by atoms with van der Waals surface area (Å²) in [5, 5.41) is 26.6. The predicted molar refractivity (Wildman–Crippen MR) is 64.4 cm³/mol. The van der Waals surface area contributed by atoms with Crippen LogP contribution in [0.15, 0.2) is 52.7 Å². The van der Waals surface area contributed by atoms with Crippen molar-refractivity contribution in [3.63, 3.8) is 0 Å². The fraction of sp³-hybridized carbons (Fsp3) is 0.0769. The molecule has 0 unspecified atom stereocenters. The molecular weight excluding hydrogens is 235 g/mol. The summed E-state index contributed by atoms with van der Waals surface area (Å²) < 4.78 is 12.6. The predicted octanol–water partition coefficient (Wildman–Crippen LogP) is 3.52. The van der Waals surface area contributed by atoms with Gasteiger partial charge in [0.25, 0.3) is 0 Å². The lowest BCUT2D eigenvalue weighted by molar-refractivity contribution is 0.399. The maximum absolute atomic E-state index is 12.6. The van der Waals surface area contributed by atoms with Gasteiger partial charge in [0, 0.05) is 5.56 Å². The summed E-state index contributed by atoms with van der Waals surface area (Å²) in [6.45, 7) is 0.137. The summed E-state index contributed by atoms with van der Waals surface area (Å²) in [6.07, 6.45) is 0. The summed E-state index contributed by atoms with van der Waals surface area (Å²) in [7, 11) is 0. The van der Waals surface area contributed by atoms with Crippen molar-refractivity contribution in [1.29, 1.82) is 0 Å². The van der Waals surface area contributed by atoms with E-state index in [0.29, 0.717) is 11.3 Å². The van der Waals surface area contributed by atoms with Crippen molar-refractivity contribution >= 4 is 5.69 Å². The maximum atomic E-state index is 12.6. The fourth-order valence-electron chi connectivity index (χ4n) is 1.41. The second-order valence-electron chi connectivity index (χ2n) is 3.66. The van der Waals surface area contributed by atoms with E-state index in [-0.39, 0.29) is 23.9 Å². The molecule has 0 aliphatic rings. The van der Waals surface area contributed by atoms with Crippen LogP contribution in [0.25, 0.3) is 0 Å². The molecule has 0 spiro atoms. The number of nitrogens with zero attached hydrogens (tertiary/aromatic N) is 2. The topological polar surface area (TPSA) is 65.2 Å². The van der Waals surface area contributed by atoms with E-state index in [1.165, 1.54) is 30.3 Å². The van der Waals surface area contributed by atoms with Crippen molar-refractivity contribution in [2.24, 2.45) is 10.2 Å². The number of hydrogen-bond donors (Lipinski definition) is 2. The third kappa shape index (κ3) is 2.82. The first-order valence-corrected chi connectivity index (χ1v) is 5.29. The molecule has 4 nitrogen and oxygen atoms in total. The number of aromatic hydroxyl groups is 2.